The highest BCUT2D eigenvalue weighted by atomic mass is 16.5. The first-order valence-electron chi connectivity index (χ1n) is 6.33. The molecule has 1 saturated heterocycles. The first-order valence-corrected chi connectivity index (χ1v) is 6.33. The summed E-state index contributed by atoms with van der Waals surface area (Å²) in [5, 5.41) is 3.28. The van der Waals surface area contributed by atoms with Gasteiger partial charge in [0.25, 0.3) is 0 Å². The Kier molecular flexibility index (Phi) is 4.59. The molecule has 0 unspecified atom stereocenters. The second kappa shape index (κ2) is 6.40. The van der Waals surface area contributed by atoms with Crippen LogP contribution in [0.3, 0.4) is 0 Å². The average molecular weight is 249 g/mol. The number of ether oxygens (including phenoxy) is 2. The van der Waals surface area contributed by atoms with Crippen LogP contribution in [0.15, 0.2) is 24.3 Å². The molecule has 1 aliphatic heterocycles. The van der Waals surface area contributed by atoms with Crippen molar-refractivity contribution in [1.29, 1.82) is 0 Å². The number of rotatable bonds is 4. The number of hydrogen-bond acceptors (Lipinski definition) is 4. The third-order valence-electron chi connectivity index (χ3n) is 3.21. The van der Waals surface area contributed by atoms with Crippen molar-refractivity contribution >= 4 is 5.97 Å². The Balaban J connectivity index is 1.82. The molecule has 0 amide bonds. The summed E-state index contributed by atoms with van der Waals surface area (Å²) < 4.78 is 10.3. The monoisotopic (exact) mass is 249 g/mol. The van der Waals surface area contributed by atoms with E-state index in [2.05, 4.69) is 5.32 Å². The van der Waals surface area contributed by atoms with Crippen molar-refractivity contribution in [2.75, 3.05) is 20.2 Å². The summed E-state index contributed by atoms with van der Waals surface area (Å²) in [6, 6.07) is 7.07. The summed E-state index contributed by atoms with van der Waals surface area (Å²) in [5.74, 6) is 1.65. The number of carbonyl (C=O) groups is 1. The van der Waals surface area contributed by atoms with Crippen molar-refractivity contribution in [3.8, 4) is 11.5 Å². The van der Waals surface area contributed by atoms with Crippen LogP contribution in [0.1, 0.15) is 19.3 Å². The molecule has 0 bridgehead atoms. The van der Waals surface area contributed by atoms with E-state index < -0.39 is 0 Å². The third-order valence-corrected chi connectivity index (χ3v) is 3.21. The second-order valence-corrected chi connectivity index (χ2v) is 4.55. The smallest absolute Gasteiger partial charge is 0.311 e. The van der Waals surface area contributed by atoms with E-state index in [9.17, 15) is 4.79 Å². The number of carbonyl (C=O) groups excluding carboxylic acids is 1. The molecule has 1 N–H and O–H groups in total. The fraction of sp³-hybridized carbons (Fsp3) is 0.500. The van der Waals surface area contributed by atoms with Crippen LogP contribution >= 0.6 is 0 Å². The number of nitrogens with one attached hydrogen (secondary N) is 1. The van der Waals surface area contributed by atoms with E-state index in [1.807, 2.05) is 0 Å². The number of methoxy groups -OCH3 is 1. The molecule has 0 saturated carbocycles. The van der Waals surface area contributed by atoms with Crippen LogP contribution in [0, 0.1) is 5.92 Å². The Morgan fingerprint density at radius 2 is 1.83 bits per heavy atom. The van der Waals surface area contributed by atoms with Gasteiger partial charge < -0.3 is 14.8 Å². The summed E-state index contributed by atoms with van der Waals surface area (Å²) in [6.45, 7) is 2.00. The van der Waals surface area contributed by atoms with Gasteiger partial charge in [-0.2, -0.15) is 0 Å². The van der Waals surface area contributed by atoms with Crippen LogP contribution in [0.4, 0.5) is 0 Å². The Morgan fingerprint density at radius 3 is 2.44 bits per heavy atom. The molecule has 1 aliphatic rings. The van der Waals surface area contributed by atoms with Crippen LogP contribution in [0.5, 0.6) is 11.5 Å². The van der Waals surface area contributed by atoms with E-state index in [-0.39, 0.29) is 5.97 Å². The SMILES string of the molecule is COc1ccc(OC(=O)CC2CCNCC2)cc1. The molecule has 4 heteroatoms. The Labute approximate surface area is 107 Å². The molecule has 4 nitrogen and oxygen atoms in total. The summed E-state index contributed by atoms with van der Waals surface area (Å²) >= 11 is 0. The van der Waals surface area contributed by atoms with Gasteiger partial charge in [0.15, 0.2) is 0 Å². The van der Waals surface area contributed by atoms with Gasteiger partial charge in [-0.1, -0.05) is 0 Å². The van der Waals surface area contributed by atoms with Crippen LogP contribution in [-0.2, 0) is 4.79 Å². The first kappa shape index (κ1) is 12.9. The molecule has 18 heavy (non-hydrogen) atoms. The predicted molar refractivity (Wildman–Crippen MR) is 68.8 cm³/mol. The van der Waals surface area contributed by atoms with Crippen molar-refractivity contribution in [1.82, 2.24) is 5.32 Å². The lowest BCUT2D eigenvalue weighted by atomic mass is 9.95. The molecule has 0 aliphatic carbocycles. The van der Waals surface area contributed by atoms with Gasteiger partial charge in [0.1, 0.15) is 11.5 Å². The fourth-order valence-electron chi connectivity index (χ4n) is 2.14. The number of esters is 1. The molecule has 1 fully saturated rings. The molecule has 98 valence electrons. The van der Waals surface area contributed by atoms with Crippen LogP contribution in [0.2, 0.25) is 0 Å². The molecule has 0 spiro atoms. The second-order valence-electron chi connectivity index (χ2n) is 4.55. The normalized spacial score (nSPS) is 16.3. The van der Waals surface area contributed by atoms with Crippen LogP contribution in [-0.4, -0.2) is 26.2 Å². The van der Waals surface area contributed by atoms with Gasteiger partial charge in [-0.15, -0.1) is 0 Å². The summed E-state index contributed by atoms with van der Waals surface area (Å²) in [7, 11) is 1.61. The summed E-state index contributed by atoms with van der Waals surface area (Å²) in [5.41, 5.74) is 0. The third kappa shape index (κ3) is 3.74. The average Bonchev–Trinajstić information content (AvgIpc) is 2.40. The minimum absolute atomic E-state index is 0.146. The highest BCUT2D eigenvalue weighted by molar-refractivity contribution is 5.72. The fourth-order valence-corrected chi connectivity index (χ4v) is 2.14. The van der Waals surface area contributed by atoms with Gasteiger partial charge in [0.05, 0.1) is 7.11 Å². The zero-order chi connectivity index (χ0) is 12.8. The van der Waals surface area contributed by atoms with Crippen molar-refractivity contribution in [2.24, 2.45) is 5.92 Å². The zero-order valence-electron chi connectivity index (χ0n) is 10.6. The van der Waals surface area contributed by atoms with Crippen molar-refractivity contribution in [2.45, 2.75) is 19.3 Å². The number of benzene rings is 1. The lowest BCUT2D eigenvalue weighted by Gasteiger charge is -2.21. The lowest BCUT2D eigenvalue weighted by Crippen LogP contribution is -2.29. The molecule has 1 aromatic carbocycles. The molecule has 0 aromatic heterocycles. The van der Waals surface area contributed by atoms with Gasteiger partial charge in [0, 0.05) is 6.42 Å². The maximum Gasteiger partial charge on any atom is 0.311 e. The minimum atomic E-state index is -0.146. The van der Waals surface area contributed by atoms with Gasteiger partial charge >= 0.3 is 5.97 Å². The molecular weight excluding hydrogens is 230 g/mol. The summed E-state index contributed by atoms with van der Waals surface area (Å²) in [4.78, 5) is 11.8. The maximum absolute atomic E-state index is 11.8. The molecule has 0 atom stereocenters. The highest BCUT2D eigenvalue weighted by Crippen LogP contribution is 2.20. The lowest BCUT2D eigenvalue weighted by molar-refractivity contribution is -0.135. The predicted octanol–water partition coefficient (Wildman–Crippen LogP) is 1.99. The number of hydrogen-bond donors (Lipinski definition) is 1. The molecule has 0 radical (unpaired) electrons. The van der Waals surface area contributed by atoms with Crippen molar-refractivity contribution < 1.29 is 14.3 Å². The molecule has 1 heterocycles. The Bertz CT molecular complexity index is 383. The largest absolute Gasteiger partial charge is 0.497 e. The molecular formula is C14H19NO3. The minimum Gasteiger partial charge on any atom is -0.497 e. The van der Waals surface area contributed by atoms with E-state index in [0.717, 1.165) is 31.7 Å². The topological polar surface area (TPSA) is 47.6 Å². The highest BCUT2D eigenvalue weighted by Gasteiger charge is 2.17. The van der Waals surface area contributed by atoms with E-state index in [1.54, 1.807) is 31.4 Å². The number of piperidine rings is 1. The molecule has 1 aromatic rings. The van der Waals surface area contributed by atoms with Crippen LogP contribution in [0.25, 0.3) is 0 Å². The van der Waals surface area contributed by atoms with E-state index in [4.69, 9.17) is 9.47 Å². The maximum atomic E-state index is 11.8. The van der Waals surface area contributed by atoms with Crippen LogP contribution < -0.4 is 14.8 Å². The Hall–Kier alpha value is -1.55. The zero-order valence-corrected chi connectivity index (χ0v) is 10.6. The standard InChI is InChI=1S/C14H19NO3/c1-17-12-2-4-13(5-3-12)18-14(16)10-11-6-8-15-9-7-11/h2-5,11,15H,6-10H2,1H3. The van der Waals surface area contributed by atoms with Crippen molar-refractivity contribution in [3.63, 3.8) is 0 Å². The summed E-state index contributed by atoms with van der Waals surface area (Å²) in [6.07, 6.45) is 2.61. The van der Waals surface area contributed by atoms with Crippen molar-refractivity contribution in [3.05, 3.63) is 24.3 Å². The quantitative estimate of drug-likeness (QED) is 0.655. The van der Waals surface area contributed by atoms with E-state index in [1.165, 1.54) is 0 Å². The van der Waals surface area contributed by atoms with E-state index >= 15 is 0 Å². The van der Waals surface area contributed by atoms with E-state index in [0.29, 0.717) is 18.1 Å². The molecule has 2 rings (SSSR count). The van der Waals surface area contributed by atoms with Gasteiger partial charge in [-0.3, -0.25) is 4.79 Å². The van der Waals surface area contributed by atoms with Gasteiger partial charge in [-0.05, 0) is 56.1 Å². The Morgan fingerprint density at radius 1 is 1.22 bits per heavy atom. The first-order chi connectivity index (χ1) is 8.78. The van der Waals surface area contributed by atoms with Gasteiger partial charge in [-0.25, -0.2) is 0 Å². The van der Waals surface area contributed by atoms with Gasteiger partial charge in [0.2, 0.25) is 0 Å².